The largest absolute Gasteiger partial charge is 0.493 e. The Labute approximate surface area is 166 Å². The van der Waals surface area contributed by atoms with Gasteiger partial charge >= 0.3 is 0 Å². The number of anilines is 1. The van der Waals surface area contributed by atoms with E-state index in [2.05, 4.69) is 11.4 Å². The van der Waals surface area contributed by atoms with Crippen LogP contribution in [0.4, 0.5) is 5.69 Å². The van der Waals surface area contributed by atoms with Gasteiger partial charge in [-0.1, -0.05) is 12.1 Å². The summed E-state index contributed by atoms with van der Waals surface area (Å²) in [5.74, 6) is 0.975. The van der Waals surface area contributed by atoms with Crippen LogP contribution >= 0.6 is 0 Å². The number of fused-ring (bicyclic) bond motifs is 1. The number of Topliss-reactive ketones (excluding diaryl/α,β-unsaturated/α-hetero) is 1. The minimum Gasteiger partial charge on any atom is -0.493 e. The van der Waals surface area contributed by atoms with Gasteiger partial charge in [0.05, 0.1) is 14.2 Å². The van der Waals surface area contributed by atoms with Crippen molar-refractivity contribution in [3.8, 4) is 11.5 Å². The van der Waals surface area contributed by atoms with Crippen molar-refractivity contribution in [3.05, 3.63) is 52.6 Å². The Kier molecular flexibility index (Phi) is 6.34. The summed E-state index contributed by atoms with van der Waals surface area (Å²) in [5, 5.41) is 2.87. The first-order chi connectivity index (χ1) is 13.5. The summed E-state index contributed by atoms with van der Waals surface area (Å²) in [5.41, 5.74) is 4.86. The molecule has 0 aromatic heterocycles. The highest BCUT2D eigenvalue weighted by Gasteiger charge is 2.15. The molecule has 5 nitrogen and oxygen atoms in total. The summed E-state index contributed by atoms with van der Waals surface area (Å²) in [6.07, 6.45) is 4.86. The Hall–Kier alpha value is -2.82. The second-order valence-electron chi connectivity index (χ2n) is 7.18. The fraction of sp³-hybridized carbons (Fsp3) is 0.391. The summed E-state index contributed by atoms with van der Waals surface area (Å²) in [4.78, 5) is 24.9. The fourth-order valence-corrected chi connectivity index (χ4v) is 3.61. The van der Waals surface area contributed by atoms with E-state index in [-0.39, 0.29) is 24.5 Å². The molecule has 0 radical (unpaired) electrons. The van der Waals surface area contributed by atoms with E-state index in [0.717, 1.165) is 18.4 Å². The number of ether oxygens (including phenoxy) is 2. The highest BCUT2D eigenvalue weighted by molar-refractivity contribution is 6.00. The lowest BCUT2D eigenvalue weighted by molar-refractivity contribution is -0.116. The molecule has 1 aliphatic carbocycles. The van der Waals surface area contributed by atoms with Crippen LogP contribution in [0, 0.1) is 6.92 Å². The van der Waals surface area contributed by atoms with E-state index >= 15 is 0 Å². The SMILES string of the molecule is COc1cc(C)c(NC(=O)CCC(=O)c2ccc3c(c2)CCCC3)cc1OC. The van der Waals surface area contributed by atoms with Gasteiger partial charge in [-0.05, 0) is 61.4 Å². The molecule has 1 aliphatic rings. The molecule has 2 aromatic carbocycles. The maximum Gasteiger partial charge on any atom is 0.224 e. The number of benzene rings is 2. The lowest BCUT2D eigenvalue weighted by Crippen LogP contribution is -2.15. The van der Waals surface area contributed by atoms with Crippen LogP contribution in [-0.4, -0.2) is 25.9 Å². The standard InChI is InChI=1S/C23H27NO4/c1-15-12-21(27-2)22(28-3)14-19(15)24-23(26)11-10-20(25)18-9-8-16-6-4-5-7-17(16)13-18/h8-9,12-14H,4-7,10-11H2,1-3H3,(H,24,26). The molecule has 0 bridgehead atoms. The topological polar surface area (TPSA) is 64.6 Å². The number of hydrogen-bond donors (Lipinski definition) is 1. The van der Waals surface area contributed by atoms with Gasteiger partial charge in [-0.15, -0.1) is 0 Å². The van der Waals surface area contributed by atoms with Gasteiger partial charge < -0.3 is 14.8 Å². The third-order valence-electron chi connectivity index (χ3n) is 5.25. The highest BCUT2D eigenvalue weighted by Crippen LogP contribution is 2.33. The molecule has 0 saturated heterocycles. The fourth-order valence-electron chi connectivity index (χ4n) is 3.61. The monoisotopic (exact) mass is 381 g/mol. The lowest BCUT2D eigenvalue weighted by atomic mass is 9.89. The molecule has 0 spiro atoms. The molecule has 28 heavy (non-hydrogen) atoms. The number of aryl methyl sites for hydroxylation is 3. The van der Waals surface area contributed by atoms with Crippen LogP contribution in [0.2, 0.25) is 0 Å². The van der Waals surface area contributed by atoms with Crippen LogP contribution in [0.25, 0.3) is 0 Å². The van der Waals surface area contributed by atoms with Crippen molar-refractivity contribution in [1.82, 2.24) is 0 Å². The van der Waals surface area contributed by atoms with Gasteiger partial charge in [-0.25, -0.2) is 0 Å². The van der Waals surface area contributed by atoms with Gasteiger partial charge in [-0.3, -0.25) is 9.59 Å². The summed E-state index contributed by atoms with van der Waals surface area (Å²) in [6, 6.07) is 9.51. The first-order valence-corrected chi connectivity index (χ1v) is 9.69. The zero-order chi connectivity index (χ0) is 20.1. The van der Waals surface area contributed by atoms with Gasteiger partial charge in [0, 0.05) is 30.2 Å². The molecule has 2 aromatic rings. The second kappa shape index (κ2) is 8.91. The number of methoxy groups -OCH3 is 2. The zero-order valence-electron chi connectivity index (χ0n) is 16.8. The highest BCUT2D eigenvalue weighted by atomic mass is 16.5. The third kappa shape index (κ3) is 4.53. The van der Waals surface area contributed by atoms with Crippen molar-refractivity contribution in [3.63, 3.8) is 0 Å². The van der Waals surface area contributed by atoms with Gasteiger partial charge in [0.25, 0.3) is 0 Å². The Bertz CT molecular complexity index is 888. The quantitative estimate of drug-likeness (QED) is 0.718. The van der Waals surface area contributed by atoms with Gasteiger partial charge in [0.15, 0.2) is 17.3 Å². The van der Waals surface area contributed by atoms with Crippen molar-refractivity contribution >= 4 is 17.4 Å². The van der Waals surface area contributed by atoms with E-state index in [1.807, 2.05) is 25.1 Å². The molecule has 0 atom stereocenters. The van der Waals surface area contributed by atoms with Crippen LogP contribution in [0.3, 0.4) is 0 Å². The molecular weight excluding hydrogens is 354 g/mol. The predicted octanol–water partition coefficient (Wildman–Crippen LogP) is 4.49. The van der Waals surface area contributed by atoms with Gasteiger partial charge in [0.1, 0.15) is 0 Å². The minimum absolute atomic E-state index is 0.00700. The number of hydrogen-bond acceptors (Lipinski definition) is 4. The first-order valence-electron chi connectivity index (χ1n) is 9.69. The Morgan fingerprint density at radius 2 is 1.61 bits per heavy atom. The van der Waals surface area contributed by atoms with E-state index in [4.69, 9.17) is 9.47 Å². The molecule has 0 aliphatic heterocycles. The van der Waals surface area contributed by atoms with E-state index in [1.165, 1.54) is 24.0 Å². The average molecular weight is 381 g/mol. The summed E-state index contributed by atoms with van der Waals surface area (Å²) in [7, 11) is 3.12. The summed E-state index contributed by atoms with van der Waals surface area (Å²) in [6.45, 7) is 1.88. The maximum absolute atomic E-state index is 12.5. The number of amides is 1. The maximum atomic E-state index is 12.5. The van der Waals surface area contributed by atoms with E-state index in [0.29, 0.717) is 22.7 Å². The van der Waals surface area contributed by atoms with Crippen molar-refractivity contribution in [2.75, 3.05) is 19.5 Å². The Morgan fingerprint density at radius 1 is 0.929 bits per heavy atom. The molecule has 148 valence electrons. The Balaban J connectivity index is 1.60. The zero-order valence-corrected chi connectivity index (χ0v) is 16.8. The van der Waals surface area contributed by atoms with Crippen molar-refractivity contribution in [1.29, 1.82) is 0 Å². The number of carbonyl (C=O) groups is 2. The van der Waals surface area contributed by atoms with Crippen LogP contribution in [-0.2, 0) is 17.6 Å². The van der Waals surface area contributed by atoms with Crippen molar-refractivity contribution in [2.45, 2.75) is 45.4 Å². The van der Waals surface area contributed by atoms with Crippen LogP contribution in [0.15, 0.2) is 30.3 Å². The number of ketones is 1. The Morgan fingerprint density at radius 3 is 2.32 bits per heavy atom. The number of rotatable bonds is 7. The normalized spacial score (nSPS) is 12.8. The second-order valence-corrected chi connectivity index (χ2v) is 7.18. The molecule has 1 N–H and O–H groups in total. The molecule has 1 amide bonds. The predicted molar refractivity (Wildman–Crippen MR) is 110 cm³/mol. The summed E-state index contributed by atoms with van der Waals surface area (Å²) < 4.78 is 10.5. The number of nitrogens with one attached hydrogen (secondary N) is 1. The molecule has 5 heteroatoms. The van der Waals surface area contributed by atoms with E-state index in [9.17, 15) is 9.59 Å². The van der Waals surface area contributed by atoms with Crippen LogP contribution < -0.4 is 14.8 Å². The molecular formula is C23H27NO4. The molecule has 0 saturated carbocycles. The molecule has 0 fully saturated rings. The van der Waals surface area contributed by atoms with Crippen molar-refractivity contribution < 1.29 is 19.1 Å². The van der Waals surface area contributed by atoms with Crippen LogP contribution in [0.5, 0.6) is 11.5 Å². The molecule has 3 rings (SSSR count). The third-order valence-corrected chi connectivity index (χ3v) is 5.25. The van der Waals surface area contributed by atoms with E-state index in [1.54, 1.807) is 20.3 Å². The molecule has 0 heterocycles. The minimum atomic E-state index is -0.193. The lowest BCUT2D eigenvalue weighted by Gasteiger charge is -2.16. The smallest absolute Gasteiger partial charge is 0.224 e. The summed E-state index contributed by atoms with van der Waals surface area (Å²) >= 11 is 0. The number of carbonyl (C=O) groups excluding carboxylic acids is 2. The van der Waals surface area contributed by atoms with Crippen LogP contribution in [0.1, 0.15) is 52.7 Å². The van der Waals surface area contributed by atoms with E-state index < -0.39 is 0 Å². The molecule has 0 unspecified atom stereocenters. The van der Waals surface area contributed by atoms with Gasteiger partial charge in [-0.2, -0.15) is 0 Å². The van der Waals surface area contributed by atoms with Crippen molar-refractivity contribution in [2.24, 2.45) is 0 Å². The average Bonchev–Trinajstić information content (AvgIpc) is 2.72. The first kappa shape index (κ1) is 19.9. The van der Waals surface area contributed by atoms with Gasteiger partial charge in [0.2, 0.25) is 5.91 Å².